The summed E-state index contributed by atoms with van der Waals surface area (Å²) in [4.78, 5) is 16.8. The maximum Gasteiger partial charge on any atom is 0.407 e. The summed E-state index contributed by atoms with van der Waals surface area (Å²) in [5.41, 5.74) is -1.87. The number of halogens is 4. The number of carbonyl (C=O) groups is 1. The van der Waals surface area contributed by atoms with Crippen LogP contribution in [0.2, 0.25) is 0 Å². The lowest BCUT2D eigenvalue weighted by molar-refractivity contribution is -0.161. The van der Waals surface area contributed by atoms with Gasteiger partial charge in [0, 0.05) is 24.4 Å². The summed E-state index contributed by atoms with van der Waals surface area (Å²) in [5.74, 6) is -0.872. The molecule has 37 heavy (non-hydrogen) atoms. The fourth-order valence-electron chi connectivity index (χ4n) is 3.98. The van der Waals surface area contributed by atoms with Gasteiger partial charge < -0.3 is 5.32 Å². The third kappa shape index (κ3) is 7.26. The minimum absolute atomic E-state index is 0.0845. The average molecular weight is 541 g/mol. The van der Waals surface area contributed by atoms with Gasteiger partial charge in [-0.3, -0.25) is 10.1 Å². The quantitative estimate of drug-likeness (QED) is 0.458. The summed E-state index contributed by atoms with van der Waals surface area (Å²) in [6.07, 6.45) is -2.24. The Morgan fingerprint density at radius 1 is 1.16 bits per heavy atom. The number of aromatic nitrogens is 1. The standard InChI is InChI=1S/C25H28F4N4O3S/c1-15-11-18(13-31-22(15)37(4,35)36)16-5-7-17(8-6-16)20(25(27,28)29)32-19(12-23(2,3)26)21(34)33-24(14-30)9-10-24/h5-8,11,13,19-20,32H,9-10,12H2,1-4H3,(H,33,34)/t19-,20-/m0/s1. The molecule has 1 aromatic carbocycles. The number of amides is 1. The van der Waals surface area contributed by atoms with Crippen LogP contribution in [0.3, 0.4) is 0 Å². The van der Waals surface area contributed by atoms with Crippen molar-refractivity contribution in [3.05, 3.63) is 47.7 Å². The molecule has 1 aliphatic rings. The first-order valence-electron chi connectivity index (χ1n) is 11.5. The number of rotatable bonds is 9. The molecule has 0 spiro atoms. The number of nitrogens with zero attached hydrogens (tertiary/aromatic N) is 2. The Morgan fingerprint density at radius 3 is 2.19 bits per heavy atom. The molecule has 1 amide bonds. The Hall–Kier alpha value is -3.04. The van der Waals surface area contributed by atoms with Crippen LogP contribution < -0.4 is 10.6 Å². The number of hydrogen-bond donors (Lipinski definition) is 2. The summed E-state index contributed by atoms with van der Waals surface area (Å²) in [7, 11) is -3.53. The van der Waals surface area contributed by atoms with Crippen molar-refractivity contribution >= 4 is 15.7 Å². The zero-order valence-electron chi connectivity index (χ0n) is 20.8. The number of benzene rings is 1. The van der Waals surface area contributed by atoms with E-state index < -0.39 is 51.6 Å². The number of nitrogens with one attached hydrogen (secondary N) is 2. The predicted octanol–water partition coefficient (Wildman–Crippen LogP) is 4.33. The van der Waals surface area contributed by atoms with Crippen molar-refractivity contribution in [1.82, 2.24) is 15.6 Å². The second kappa shape index (κ2) is 10.0. The highest BCUT2D eigenvalue weighted by atomic mass is 32.2. The van der Waals surface area contributed by atoms with Gasteiger partial charge in [-0.05, 0) is 56.4 Å². The van der Waals surface area contributed by atoms with E-state index in [-0.39, 0.29) is 10.6 Å². The van der Waals surface area contributed by atoms with Crippen molar-refractivity contribution < 1.29 is 30.8 Å². The molecule has 1 fully saturated rings. The molecule has 1 heterocycles. The molecule has 0 saturated heterocycles. The molecular formula is C25H28F4N4O3S. The molecule has 200 valence electrons. The van der Waals surface area contributed by atoms with Gasteiger partial charge in [0.25, 0.3) is 0 Å². The van der Waals surface area contributed by atoms with Crippen molar-refractivity contribution in [2.75, 3.05) is 6.26 Å². The van der Waals surface area contributed by atoms with Crippen LogP contribution in [0.15, 0.2) is 41.6 Å². The van der Waals surface area contributed by atoms with Crippen LogP contribution in [-0.2, 0) is 14.6 Å². The third-order valence-corrected chi connectivity index (χ3v) is 7.12. The minimum atomic E-state index is -4.82. The van der Waals surface area contributed by atoms with Crippen LogP contribution in [0, 0.1) is 18.3 Å². The molecule has 12 heteroatoms. The molecule has 7 nitrogen and oxygen atoms in total. The van der Waals surface area contributed by atoms with Gasteiger partial charge in [-0.15, -0.1) is 0 Å². The molecule has 2 N–H and O–H groups in total. The molecule has 0 radical (unpaired) electrons. The van der Waals surface area contributed by atoms with Crippen LogP contribution in [-0.4, -0.2) is 49.0 Å². The second-order valence-corrected chi connectivity index (χ2v) is 12.0. The van der Waals surface area contributed by atoms with Crippen LogP contribution in [0.4, 0.5) is 17.6 Å². The van der Waals surface area contributed by atoms with Crippen LogP contribution in [0.5, 0.6) is 0 Å². The van der Waals surface area contributed by atoms with E-state index in [9.17, 15) is 36.0 Å². The lowest BCUT2D eigenvalue weighted by Crippen LogP contribution is -2.53. The van der Waals surface area contributed by atoms with Crippen LogP contribution >= 0.6 is 0 Å². The molecule has 0 bridgehead atoms. The summed E-state index contributed by atoms with van der Waals surface area (Å²) in [6, 6.07) is 4.99. The number of sulfone groups is 1. The van der Waals surface area contributed by atoms with E-state index >= 15 is 0 Å². The summed E-state index contributed by atoms with van der Waals surface area (Å²) < 4.78 is 80.3. The van der Waals surface area contributed by atoms with E-state index in [1.54, 1.807) is 13.0 Å². The monoisotopic (exact) mass is 540 g/mol. The van der Waals surface area contributed by atoms with Gasteiger partial charge in [0.1, 0.15) is 17.2 Å². The number of alkyl halides is 4. The highest BCUT2D eigenvalue weighted by Gasteiger charge is 2.48. The molecule has 1 aliphatic carbocycles. The number of pyridine rings is 1. The second-order valence-electron chi connectivity index (χ2n) is 10.0. The molecule has 1 aromatic heterocycles. The van der Waals surface area contributed by atoms with Crippen molar-refractivity contribution in [2.45, 2.75) is 74.5 Å². The van der Waals surface area contributed by atoms with E-state index in [0.29, 0.717) is 29.5 Å². The molecule has 0 unspecified atom stereocenters. The SMILES string of the molecule is Cc1cc(-c2ccc([C@H](N[C@@H](CC(C)(C)F)C(=O)NC3(C#N)CC3)C(F)(F)F)cc2)cnc1S(C)(=O)=O. The molecule has 2 aromatic rings. The van der Waals surface area contributed by atoms with E-state index in [1.807, 2.05) is 6.07 Å². The zero-order chi connectivity index (χ0) is 27.8. The number of nitriles is 1. The lowest BCUT2D eigenvalue weighted by Gasteiger charge is -2.30. The van der Waals surface area contributed by atoms with E-state index in [1.165, 1.54) is 30.5 Å². The Bertz CT molecular complexity index is 1310. The van der Waals surface area contributed by atoms with Gasteiger partial charge in [0.15, 0.2) is 14.9 Å². The topological polar surface area (TPSA) is 112 Å². The first-order valence-corrected chi connectivity index (χ1v) is 13.4. The van der Waals surface area contributed by atoms with E-state index in [0.717, 1.165) is 20.1 Å². The normalized spacial score (nSPS) is 16.9. The molecule has 1 saturated carbocycles. The minimum Gasteiger partial charge on any atom is -0.336 e. The highest BCUT2D eigenvalue weighted by Crippen LogP contribution is 2.37. The number of hydrogen-bond acceptors (Lipinski definition) is 6. The van der Waals surface area contributed by atoms with Gasteiger partial charge in [-0.25, -0.2) is 17.8 Å². The average Bonchev–Trinajstić information content (AvgIpc) is 3.54. The summed E-state index contributed by atoms with van der Waals surface area (Å²) >= 11 is 0. The third-order valence-electron chi connectivity index (χ3n) is 5.99. The van der Waals surface area contributed by atoms with Crippen molar-refractivity contribution in [3.8, 4) is 17.2 Å². The Morgan fingerprint density at radius 2 is 1.76 bits per heavy atom. The maximum absolute atomic E-state index is 14.4. The summed E-state index contributed by atoms with van der Waals surface area (Å²) in [5, 5.41) is 13.9. The van der Waals surface area contributed by atoms with Gasteiger partial charge in [-0.1, -0.05) is 24.3 Å². The number of carbonyl (C=O) groups excluding carboxylic acids is 1. The maximum atomic E-state index is 14.4. The number of aryl methyl sites for hydroxylation is 1. The fourth-order valence-corrected chi connectivity index (χ4v) is 4.87. The first-order chi connectivity index (χ1) is 16.9. The van der Waals surface area contributed by atoms with Crippen molar-refractivity contribution in [3.63, 3.8) is 0 Å². The highest BCUT2D eigenvalue weighted by molar-refractivity contribution is 7.90. The van der Waals surface area contributed by atoms with Gasteiger partial charge >= 0.3 is 6.18 Å². The van der Waals surface area contributed by atoms with Crippen LogP contribution in [0.1, 0.15) is 50.3 Å². The smallest absolute Gasteiger partial charge is 0.336 e. The van der Waals surface area contributed by atoms with Crippen molar-refractivity contribution in [1.29, 1.82) is 5.26 Å². The fraction of sp³-hybridized carbons (Fsp3) is 0.480. The van der Waals surface area contributed by atoms with E-state index in [2.05, 4.69) is 15.6 Å². The van der Waals surface area contributed by atoms with Gasteiger partial charge in [0.05, 0.1) is 12.1 Å². The molecule has 2 atom stereocenters. The first kappa shape index (κ1) is 28.5. The predicted molar refractivity (Wildman–Crippen MR) is 129 cm³/mol. The van der Waals surface area contributed by atoms with E-state index in [4.69, 9.17) is 0 Å². The van der Waals surface area contributed by atoms with Crippen molar-refractivity contribution in [2.24, 2.45) is 0 Å². The molecular weight excluding hydrogens is 512 g/mol. The van der Waals surface area contributed by atoms with Crippen LogP contribution in [0.25, 0.3) is 11.1 Å². The zero-order valence-corrected chi connectivity index (χ0v) is 21.6. The Balaban J connectivity index is 1.89. The lowest BCUT2D eigenvalue weighted by atomic mass is 9.96. The Kier molecular flexibility index (Phi) is 7.73. The molecule has 3 rings (SSSR count). The molecule has 0 aliphatic heterocycles. The summed E-state index contributed by atoms with van der Waals surface area (Å²) in [6.45, 7) is 3.89. The largest absolute Gasteiger partial charge is 0.407 e. The van der Waals surface area contributed by atoms with Gasteiger partial charge in [0.2, 0.25) is 5.91 Å². The van der Waals surface area contributed by atoms with Gasteiger partial charge in [-0.2, -0.15) is 18.4 Å². The Labute approximate surface area is 213 Å².